The molecule has 7 heteroatoms. The molecular weight excluding hydrogens is 390 g/mol. The summed E-state index contributed by atoms with van der Waals surface area (Å²) in [5.41, 5.74) is 4.24. The molecule has 0 unspecified atom stereocenters. The number of nitrogens with one attached hydrogen (secondary N) is 2. The van der Waals surface area contributed by atoms with E-state index in [4.69, 9.17) is 21.1 Å². The first-order valence-electron chi connectivity index (χ1n) is 9.54. The summed E-state index contributed by atoms with van der Waals surface area (Å²) in [6, 6.07) is 11.7. The zero-order chi connectivity index (χ0) is 19.8. The van der Waals surface area contributed by atoms with Crippen molar-refractivity contribution in [2.24, 2.45) is 0 Å². The number of benzene rings is 2. The number of aromatic nitrogens is 1. The Morgan fingerprint density at radius 1 is 1.21 bits per heavy atom. The maximum absolute atomic E-state index is 12.5. The molecule has 5 rings (SSSR count). The van der Waals surface area contributed by atoms with E-state index >= 15 is 0 Å². The van der Waals surface area contributed by atoms with E-state index < -0.39 is 0 Å². The lowest BCUT2D eigenvalue weighted by Crippen LogP contribution is -2.36. The summed E-state index contributed by atoms with van der Waals surface area (Å²) >= 11 is 6.24. The summed E-state index contributed by atoms with van der Waals surface area (Å²) in [7, 11) is 0. The van der Waals surface area contributed by atoms with Crippen molar-refractivity contribution < 1.29 is 14.3 Å². The SMILES string of the molecule is O=C(CN1CC=C(c2c[nH]c3ccccc23)CC1)Nc1cc2c(cc1Cl)OCO2. The molecular formula is C22H20ClN3O3. The molecule has 2 N–H and O–H groups in total. The van der Waals surface area contributed by atoms with Crippen LogP contribution in [0, 0.1) is 0 Å². The zero-order valence-electron chi connectivity index (χ0n) is 15.7. The fourth-order valence-corrected chi connectivity index (χ4v) is 4.04. The second kappa shape index (κ2) is 7.46. The van der Waals surface area contributed by atoms with Gasteiger partial charge in [0.1, 0.15) is 0 Å². The van der Waals surface area contributed by atoms with Crippen molar-refractivity contribution in [1.82, 2.24) is 9.88 Å². The minimum Gasteiger partial charge on any atom is -0.454 e. The second-order valence-corrected chi connectivity index (χ2v) is 7.60. The summed E-state index contributed by atoms with van der Waals surface area (Å²) in [6.45, 7) is 2.04. The number of hydrogen-bond acceptors (Lipinski definition) is 4. The number of aromatic amines is 1. The molecule has 0 spiro atoms. The number of fused-ring (bicyclic) bond motifs is 2. The van der Waals surface area contributed by atoms with Crippen LogP contribution in [0.3, 0.4) is 0 Å². The molecule has 3 aromatic rings. The van der Waals surface area contributed by atoms with Gasteiger partial charge in [-0.25, -0.2) is 0 Å². The number of anilines is 1. The molecule has 2 aliphatic heterocycles. The van der Waals surface area contributed by atoms with Gasteiger partial charge in [0.15, 0.2) is 11.5 Å². The Bertz CT molecular complexity index is 1120. The Balaban J connectivity index is 1.23. The van der Waals surface area contributed by atoms with Gasteiger partial charge in [0.2, 0.25) is 12.7 Å². The van der Waals surface area contributed by atoms with Crippen LogP contribution < -0.4 is 14.8 Å². The molecule has 29 heavy (non-hydrogen) atoms. The minimum atomic E-state index is -0.102. The van der Waals surface area contributed by atoms with Crippen LogP contribution in [0.15, 0.2) is 48.7 Å². The molecule has 0 fully saturated rings. The van der Waals surface area contributed by atoms with Crippen LogP contribution in [-0.4, -0.2) is 42.2 Å². The molecule has 0 radical (unpaired) electrons. The van der Waals surface area contributed by atoms with Crippen LogP contribution in [0.5, 0.6) is 11.5 Å². The molecule has 0 saturated heterocycles. The smallest absolute Gasteiger partial charge is 0.238 e. The van der Waals surface area contributed by atoms with Crippen LogP contribution in [0.1, 0.15) is 12.0 Å². The van der Waals surface area contributed by atoms with Gasteiger partial charge in [-0.1, -0.05) is 35.9 Å². The topological polar surface area (TPSA) is 66.6 Å². The molecule has 0 saturated carbocycles. The Kier molecular flexibility index (Phi) is 4.66. The first-order chi connectivity index (χ1) is 14.2. The Labute approximate surface area is 173 Å². The standard InChI is InChI=1S/C22H20ClN3O3/c23-17-9-20-21(29-13-28-20)10-19(17)25-22(27)12-26-7-5-14(6-8-26)16-11-24-18-4-2-1-3-15(16)18/h1-5,9-11,24H,6-8,12-13H2,(H,25,27). The van der Waals surface area contributed by atoms with Crippen molar-refractivity contribution in [3.05, 3.63) is 59.3 Å². The van der Waals surface area contributed by atoms with E-state index in [2.05, 4.69) is 45.7 Å². The number of ether oxygens (including phenoxy) is 2. The van der Waals surface area contributed by atoms with Crippen molar-refractivity contribution in [2.75, 3.05) is 31.7 Å². The van der Waals surface area contributed by atoms with E-state index in [9.17, 15) is 4.79 Å². The highest BCUT2D eigenvalue weighted by Crippen LogP contribution is 2.39. The van der Waals surface area contributed by atoms with E-state index in [1.165, 1.54) is 16.5 Å². The summed E-state index contributed by atoms with van der Waals surface area (Å²) < 4.78 is 10.6. The summed E-state index contributed by atoms with van der Waals surface area (Å²) in [6.07, 6.45) is 5.18. The van der Waals surface area contributed by atoms with Gasteiger partial charge in [-0.05, 0) is 18.1 Å². The molecule has 6 nitrogen and oxygen atoms in total. The maximum Gasteiger partial charge on any atom is 0.238 e. The largest absolute Gasteiger partial charge is 0.454 e. The van der Waals surface area contributed by atoms with E-state index in [0.29, 0.717) is 28.8 Å². The number of hydrogen-bond donors (Lipinski definition) is 2. The van der Waals surface area contributed by atoms with E-state index in [1.807, 2.05) is 6.07 Å². The minimum absolute atomic E-state index is 0.102. The third kappa shape index (κ3) is 3.57. The van der Waals surface area contributed by atoms with Crippen molar-refractivity contribution in [3.63, 3.8) is 0 Å². The number of rotatable bonds is 4. The molecule has 148 valence electrons. The summed E-state index contributed by atoms with van der Waals surface area (Å²) in [4.78, 5) is 18.0. The van der Waals surface area contributed by atoms with Gasteiger partial charge in [-0.15, -0.1) is 0 Å². The van der Waals surface area contributed by atoms with E-state index in [0.717, 1.165) is 25.0 Å². The lowest BCUT2D eigenvalue weighted by atomic mass is 9.99. The molecule has 0 atom stereocenters. The Hall–Kier alpha value is -2.96. The van der Waals surface area contributed by atoms with Crippen LogP contribution in [0.4, 0.5) is 5.69 Å². The van der Waals surface area contributed by atoms with Crippen molar-refractivity contribution >= 4 is 39.7 Å². The predicted octanol–water partition coefficient (Wildman–Crippen LogP) is 4.28. The van der Waals surface area contributed by atoms with Crippen molar-refractivity contribution in [2.45, 2.75) is 6.42 Å². The third-order valence-electron chi connectivity index (χ3n) is 5.33. The number of halogens is 1. The third-order valence-corrected chi connectivity index (χ3v) is 5.64. The fourth-order valence-electron chi connectivity index (χ4n) is 3.84. The molecule has 2 aromatic carbocycles. The molecule has 0 bridgehead atoms. The zero-order valence-corrected chi connectivity index (χ0v) is 16.5. The fraction of sp³-hybridized carbons (Fsp3) is 0.227. The summed E-state index contributed by atoms with van der Waals surface area (Å²) in [5.74, 6) is 1.09. The molecule has 3 heterocycles. The first kappa shape index (κ1) is 18.1. The van der Waals surface area contributed by atoms with Gasteiger partial charge in [-0.3, -0.25) is 9.69 Å². The van der Waals surface area contributed by atoms with E-state index in [-0.39, 0.29) is 12.7 Å². The number of amides is 1. The number of nitrogens with zero attached hydrogens (tertiary/aromatic N) is 1. The number of carbonyl (C=O) groups is 1. The monoisotopic (exact) mass is 409 g/mol. The molecule has 1 amide bonds. The van der Waals surface area contributed by atoms with Gasteiger partial charge >= 0.3 is 0 Å². The predicted molar refractivity (Wildman–Crippen MR) is 114 cm³/mol. The van der Waals surface area contributed by atoms with Crippen LogP contribution in [-0.2, 0) is 4.79 Å². The average molecular weight is 410 g/mol. The lowest BCUT2D eigenvalue weighted by Gasteiger charge is -2.25. The Morgan fingerprint density at radius 2 is 2.03 bits per heavy atom. The van der Waals surface area contributed by atoms with Gasteiger partial charge in [-0.2, -0.15) is 0 Å². The highest BCUT2D eigenvalue weighted by atomic mass is 35.5. The van der Waals surface area contributed by atoms with Gasteiger partial charge in [0, 0.05) is 47.9 Å². The van der Waals surface area contributed by atoms with Crippen LogP contribution in [0.2, 0.25) is 5.02 Å². The number of para-hydroxylation sites is 1. The lowest BCUT2D eigenvalue weighted by molar-refractivity contribution is -0.117. The Morgan fingerprint density at radius 3 is 2.86 bits per heavy atom. The van der Waals surface area contributed by atoms with Crippen LogP contribution >= 0.6 is 11.6 Å². The summed E-state index contributed by atoms with van der Waals surface area (Å²) in [5, 5.41) is 4.55. The number of H-pyrrole nitrogens is 1. The van der Waals surface area contributed by atoms with Crippen LogP contribution in [0.25, 0.3) is 16.5 Å². The van der Waals surface area contributed by atoms with Crippen molar-refractivity contribution in [3.8, 4) is 11.5 Å². The highest BCUT2D eigenvalue weighted by Gasteiger charge is 2.20. The molecule has 0 aliphatic carbocycles. The maximum atomic E-state index is 12.5. The average Bonchev–Trinajstić information content (AvgIpc) is 3.35. The quantitative estimate of drug-likeness (QED) is 0.675. The normalized spacial score (nSPS) is 16.1. The molecule has 1 aromatic heterocycles. The molecule has 2 aliphatic rings. The highest BCUT2D eigenvalue weighted by molar-refractivity contribution is 6.34. The van der Waals surface area contributed by atoms with Gasteiger partial charge in [0.05, 0.1) is 17.3 Å². The second-order valence-electron chi connectivity index (χ2n) is 7.20. The van der Waals surface area contributed by atoms with Gasteiger partial charge < -0.3 is 19.8 Å². The van der Waals surface area contributed by atoms with Crippen molar-refractivity contribution in [1.29, 1.82) is 0 Å². The number of carbonyl (C=O) groups excluding carboxylic acids is 1. The first-order valence-corrected chi connectivity index (χ1v) is 9.92. The van der Waals surface area contributed by atoms with E-state index in [1.54, 1.807) is 12.1 Å². The van der Waals surface area contributed by atoms with Gasteiger partial charge in [0.25, 0.3) is 0 Å².